The molecule has 2 rings (SSSR count). The number of rotatable bonds is 5. The number of carbonyl (C=O) groups is 1. The lowest BCUT2D eigenvalue weighted by Gasteiger charge is -2.26. The van der Waals surface area contributed by atoms with Gasteiger partial charge in [0.2, 0.25) is 0 Å². The summed E-state index contributed by atoms with van der Waals surface area (Å²) in [6.07, 6.45) is 1.62. The lowest BCUT2D eigenvalue weighted by molar-refractivity contribution is 0.0370. The summed E-state index contributed by atoms with van der Waals surface area (Å²) in [5, 5.41) is 0. The second-order valence-corrected chi connectivity index (χ2v) is 4.68. The number of benzene rings is 1. The average Bonchev–Trinajstić information content (AvgIpc) is 2.46. The van der Waals surface area contributed by atoms with Crippen LogP contribution in [-0.2, 0) is 11.2 Å². The van der Waals surface area contributed by atoms with Crippen LogP contribution in [0.5, 0.6) is 0 Å². The summed E-state index contributed by atoms with van der Waals surface area (Å²) < 4.78 is 5.29. The van der Waals surface area contributed by atoms with Gasteiger partial charge in [-0.05, 0) is 12.0 Å². The first-order valence-corrected chi connectivity index (χ1v) is 6.72. The zero-order valence-electron chi connectivity index (χ0n) is 11.0. The zero-order chi connectivity index (χ0) is 12.8. The number of hydrogen-bond donors (Lipinski definition) is 0. The molecule has 0 amide bonds. The minimum atomic E-state index is 0.240. The Bertz CT molecular complexity index is 380. The van der Waals surface area contributed by atoms with E-state index < -0.39 is 0 Å². The maximum Gasteiger partial charge on any atom is 0.164 e. The van der Waals surface area contributed by atoms with Gasteiger partial charge in [0.25, 0.3) is 0 Å². The standard InChI is InChI=1S/C15H21NO2/c1-2-13-3-5-14(6-4-13)15(17)7-8-16-9-11-18-12-10-16/h3-6H,2,7-12H2,1H3. The van der Waals surface area contributed by atoms with Crippen LogP contribution in [0.4, 0.5) is 0 Å². The number of hydrogen-bond acceptors (Lipinski definition) is 3. The van der Waals surface area contributed by atoms with Crippen molar-refractivity contribution in [2.75, 3.05) is 32.8 Å². The van der Waals surface area contributed by atoms with Gasteiger partial charge in [0.1, 0.15) is 0 Å². The van der Waals surface area contributed by atoms with E-state index in [-0.39, 0.29) is 5.78 Å². The van der Waals surface area contributed by atoms with E-state index in [9.17, 15) is 4.79 Å². The first-order valence-electron chi connectivity index (χ1n) is 6.72. The normalized spacial score (nSPS) is 16.7. The van der Waals surface area contributed by atoms with Gasteiger partial charge < -0.3 is 4.74 Å². The highest BCUT2D eigenvalue weighted by atomic mass is 16.5. The molecule has 3 nitrogen and oxygen atoms in total. The summed E-state index contributed by atoms with van der Waals surface area (Å²) in [5.41, 5.74) is 2.11. The largest absolute Gasteiger partial charge is 0.379 e. The summed E-state index contributed by atoms with van der Waals surface area (Å²) in [6.45, 7) is 6.44. The second-order valence-electron chi connectivity index (χ2n) is 4.68. The first-order chi connectivity index (χ1) is 8.79. The van der Waals surface area contributed by atoms with Crippen LogP contribution in [0.2, 0.25) is 0 Å². The highest BCUT2D eigenvalue weighted by molar-refractivity contribution is 5.96. The van der Waals surface area contributed by atoms with Crippen LogP contribution in [0.15, 0.2) is 24.3 Å². The van der Waals surface area contributed by atoms with Crippen molar-refractivity contribution in [2.45, 2.75) is 19.8 Å². The number of ether oxygens (including phenoxy) is 1. The van der Waals surface area contributed by atoms with Gasteiger partial charge in [-0.15, -0.1) is 0 Å². The third-order valence-electron chi connectivity index (χ3n) is 3.44. The van der Waals surface area contributed by atoms with E-state index in [1.54, 1.807) is 0 Å². The molecule has 0 saturated carbocycles. The molecule has 1 aromatic carbocycles. The Morgan fingerprint density at radius 3 is 2.50 bits per heavy atom. The van der Waals surface area contributed by atoms with Crippen molar-refractivity contribution in [3.63, 3.8) is 0 Å². The fraction of sp³-hybridized carbons (Fsp3) is 0.533. The van der Waals surface area contributed by atoms with E-state index in [1.165, 1.54) is 5.56 Å². The fourth-order valence-corrected chi connectivity index (χ4v) is 2.16. The quantitative estimate of drug-likeness (QED) is 0.747. The summed E-state index contributed by atoms with van der Waals surface area (Å²) in [6, 6.07) is 7.98. The number of carbonyl (C=O) groups excluding carboxylic acids is 1. The molecule has 0 spiro atoms. The SMILES string of the molecule is CCc1ccc(C(=O)CCN2CCOCC2)cc1. The van der Waals surface area contributed by atoms with Crippen molar-refractivity contribution in [1.82, 2.24) is 4.90 Å². The van der Waals surface area contributed by atoms with Crippen LogP contribution < -0.4 is 0 Å². The van der Waals surface area contributed by atoms with Crippen molar-refractivity contribution >= 4 is 5.78 Å². The molecule has 0 aliphatic carbocycles. The van der Waals surface area contributed by atoms with Crippen LogP contribution in [-0.4, -0.2) is 43.5 Å². The highest BCUT2D eigenvalue weighted by Crippen LogP contribution is 2.08. The molecule has 1 fully saturated rings. The summed E-state index contributed by atoms with van der Waals surface area (Å²) >= 11 is 0. The molecule has 1 saturated heterocycles. The monoisotopic (exact) mass is 247 g/mol. The fourth-order valence-electron chi connectivity index (χ4n) is 2.16. The molecular weight excluding hydrogens is 226 g/mol. The maximum atomic E-state index is 12.0. The van der Waals surface area contributed by atoms with Crippen molar-refractivity contribution < 1.29 is 9.53 Å². The number of nitrogens with zero attached hydrogens (tertiary/aromatic N) is 1. The number of Topliss-reactive ketones (excluding diaryl/α,β-unsaturated/α-hetero) is 1. The second kappa shape index (κ2) is 6.66. The lowest BCUT2D eigenvalue weighted by atomic mass is 10.0. The van der Waals surface area contributed by atoms with E-state index in [2.05, 4.69) is 11.8 Å². The highest BCUT2D eigenvalue weighted by Gasteiger charge is 2.12. The Morgan fingerprint density at radius 1 is 1.22 bits per heavy atom. The van der Waals surface area contributed by atoms with E-state index in [1.807, 2.05) is 24.3 Å². The average molecular weight is 247 g/mol. The van der Waals surface area contributed by atoms with Gasteiger partial charge in [-0.1, -0.05) is 31.2 Å². The van der Waals surface area contributed by atoms with Gasteiger partial charge >= 0.3 is 0 Å². The van der Waals surface area contributed by atoms with Gasteiger partial charge in [0, 0.05) is 31.6 Å². The van der Waals surface area contributed by atoms with Gasteiger partial charge in [-0.3, -0.25) is 9.69 Å². The van der Waals surface area contributed by atoms with Gasteiger partial charge in [0.15, 0.2) is 5.78 Å². The zero-order valence-corrected chi connectivity index (χ0v) is 11.0. The van der Waals surface area contributed by atoms with E-state index in [4.69, 9.17) is 4.74 Å². The molecule has 1 heterocycles. The molecule has 0 bridgehead atoms. The van der Waals surface area contributed by atoms with E-state index in [0.717, 1.165) is 44.8 Å². The van der Waals surface area contributed by atoms with Crippen molar-refractivity contribution in [1.29, 1.82) is 0 Å². The first kappa shape index (κ1) is 13.2. The van der Waals surface area contributed by atoms with Gasteiger partial charge in [-0.25, -0.2) is 0 Å². The van der Waals surface area contributed by atoms with Crippen molar-refractivity contribution in [3.05, 3.63) is 35.4 Å². The molecule has 1 aliphatic rings. The van der Waals surface area contributed by atoms with Crippen molar-refractivity contribution in [2.24, 2.45) is 0 Å². The number of aryl methyl sites for hydroxylation is 1. The minimum absolute atomic E-state index is 0.240. The third kappa shape index (κ3) is 3.65. The predicted octanol–water partition coefficient (Wildman–Crippen LogP) is 2.15. The summed E-state index contributed by atoms with van der Waals surface area (Å²) in [5.74, 6) is 0.240. The Kier molecular flexibility index (Phi) is 4.90. The molecule has 1 aromatic rings. The Hall–Kier alpha value is -1.19. The van der Waals surface area contributed by atoms with Crippen LogP contribution in [0, 0.1) is 0 Å². The number of morpholine rings is 1. The van der Waals surface area contributed by atoms with Crippen LogP contribution in [0.3, 0.4) is 0 Å². The Balaban J connectivity index is 1.82. The smallest absolute Gasteiger partial charge is 0.164 e. The maximum absolute atomic E-state index is 12.0. The van der Waals surface area contributed by atoms with Crippen LogP contribution in [0.1, 0.15) is 29.3 Å². The lowest BCUT2D eigenvalue weighted by Crippen LogP contribution is -2.37. The molecule has 0 atom stereocenters. The third-order valence-corrected chi connectivity index (χ3v) is 3.44. The minimum Gasteiger partial charge on any atom is -0.379 e. The van der Waals surface area contributed by atoms with Crippen LogP contribution in [0.25, 0.3) is 0 Å². The van der Waals surface area contributed by atoms with Crippen LogP contribution >= 0.6 is 0 Å². The molecule has 98 valence electrons. The topological polar surface area (TPSA) is 29.5 Å². The molecule has 0 unspecified atom stereocenters. The van der Waals surface area contributed by atoms with Crippen molar-refractivity contribution in [3.8, 4) is 0 Å². The molecule has 18 heavy (non-hydrogen) atoms. The molecule has 0 N–H and O–H groups in total. The Labute approximate surface area is 109 Å². The molecule has 3 heteroatoms. The predicted molar refractivity (Wildman–Crippen MR) is 72.0 cm³/mol. The summed E-state index contributed by atoms with van der Waals surface area (Å²) in [4.78, 5) is 14.3. The Morgan fingerprint density at radius 2 is 1.89 bits per heavy atom. The molecule has 1 aliphatic heterocycles. The summed E-state index contributed by atoms with van der Waals surface area (Å²) in [7, 11) is 0. The van der Waals surface area contributed by atoms with E-state index >= 15 is 0 Å². The number of ketones is 1. The molecular formula is C15H21NO2. The van der Waals surface area contributed by atoms with Gasteiger partial charge in [-0.2, -0.15) is 0 Å². The van der Waals surface area contributed by atoms with E-state index in [0.29, 0.717) is 6.42 Å². The molecule has 0 aromatic heterocycles. The molecule has 0 radical (unpaired) electrons. The van der Waals surface area contributed by atoms with Gasteiger partial charge in [0.05, 0.1) is 13.2 Å².